The highest BCUT2D eigenvalue weighted by Gasteiger charge is 2.38. The first kappa shape index (κ1) is 13.1. The number of aromatic nitrogens is 1. The van der Waals surface area contributed by atoms with Crippen LogP contribution in [0.15, 0.2) is 12.3 Å². The van der Waals surface area contributed by atoms with Crippen molar-refractivity contribution in [3.63, 3.8) is 0 Å². The lowest BCUT2D eigenvalue weighted by atomic mass is 10.3. The van der Waals surface area contributed by atoms with Gasteiger partial charge in [-0.25, -0.2) is 18.5 Å². The van der Waals surface area contributed by atoms with E-state index in [1.807, 2.05) is 0 Å². The Morgan fingerprint density at radius 2 is 2.17 bits per heavy atom. The minimum Gasteiger partial charge on any atom is -0.397 e. The quantitative estimate of drug-likeness (QED) is 0.725. The highest BCUT2D eigenvalue weighted by atomic mass is 35.5. The molecular formula is C9H11ClN4O3S. The highest BCUT2D eigenvalue weighted by Crippen LogP contribution is 2.33. The van der Waals surface area contributed by atoms with E-state index in [-0.39, 0.29) is 29.5 Å². The van der Waals surface area contributed by atoms with Crippen molar-refractivity contribution in [2.24, 2.45) is 5.14 Å². The van der Waals surface area contributed by atoms with Crippen LogP contribution in [0.25, 0.3) is 0 Å². The number of nitrogen functional groups attached to an aromatic ring is 1. The summed E-state index contributed by atoms with van der Waals surface area (Å²) in [6.45, 7) is -0.0622. The van der Waals surface area contributed by atoms with E-state index < -0.39 is 21.2 Å². The minimum absolute atomic E-state index is 0.0541. The predicted octanol–water partition coefficient (Wildman–Crippen LogP) is -0.289. The number of hydrogen-bond acceptors (Lipinski definition) is 5. The standard InChI is InChI=1S/C9H11ClN4O3S/c10-9-8(6(11)1-2-13-9)14-4-5(3-7(14)15)18(12,16)17/h1-2,5H,3-4H2,(H2,11,13)(H2,12,16,17). The summed E-state index contributed by atoms with van der Waals surface area (Å²) >= 11 is 5.87. The Morgan fingerprint density at radius 1 is 1.50 bits per heavy atom. The van der Waals surface area contributed by atoms with Crippen LogP contribution in [0.5, 0.6) is 0 Å². The van der Waals surface area contributed by atoms with E-state index in [0.29, 0.717) is 0 Å². The zero-order valence-electron chi connectivity index (χ0n) is 9.21. The normalized spacial score (nSPS) is 20.4. The number of hydrogen-bond donors (Lipinski definition) is 2. The molecule has 18 heavy (non-hydrogen) atoms. The Hall–Kier alpha value is -1.38. The van der Waals surface area contributed by atoms with Crippen LogP contribution in [0.4, 0.5) is 11.4 Å². The van der Waals surface area contributed by atoms with Gasteiger partial charge in [0.15, 0.2) is 5.15 Å². The molecule has 0 spiro atoms. The Morgan fingerprint density at radius 3 is 2.67 bits per heavy atom. The molecule has 1 aromatic rings. The van der Waals surface area contributed by atoms with Crippen LogP contribution >= 0.6 is 11.6 Å². The van der Waals surface area contributed by atoms with Crippen molar-refractivity contribution in [2.45, 2.75) is 11.7 Å². The van der Waals surface area contributed by atoms with Crippen LogP contribution in [0.3, 0.4) is 0 Å². The largest absolute Gasteiger partial charge is 0.397 e. The zero-order chi connectivity index (χ0) is 13.5. The van der Waals surface area contributed by atoms with Gasteiger partial charge >= 0.3 is 0 Å². The van der Waals surface area contributed by atoms with Gasteiger partial charge in [-0.3, -0.25) is 4.79 Å². The second-order valence-corrected chi connectivity index (χ2v) is 6.16. The van der Waals surface area contributed by atoms with Gasteiger partial charge in [0.2, 0.25) is 15.9 Å². The molecule has 1 aromatic heterocycles. The molecule has 0 saturated carbocycles. The third kappa shape index (κ3) is 2.26. The van der Waals surface area contributed by atoms with Gasteiger partial charge in [-0.15, -0.1) is 0 Å². The number of sulfonamides is 1. The van der Waals surface area contributed by atoms with Crippen molar-refractivity contribution in [2.75, 3.05) is 17.2 Å². The Bertz CT molecular complexity index is 584. The molecule has 1 fully saturated rings. The molecule has 1 aliphatic rings. The van der Waals surface area contributed by atoms with Crippen molar-refractivity contribution in [3.05, 3.63) is 17.4 Å². The second-order valence-electron chi connectivity index (χ2n) is 3.96. The van der Waals surface area contributed by atoms with Crippen LogP contribution in [-0.2, 0) is 14.8 Å². The van der Waals surface area contributed by atoms with E-state index in [1.54, 1.807) is 0 Å². The monoisotopic (exact) mass is 290 g/mol. The molecule has 1 unspecified atom stereocenters. The lowest BCUT2D eigenvalue weighted by Gasteiger charge is -2.19. The van der Waals surface area contributed by atoms with Crippen LogP contribution in [0.1, 0.15) is 6.42 Å². The molecule has 1 amide bonds. The van der Waals surface area contributed by atoms with E-state index in [9.17, 15) is 13.2 Å². The fraction of sp³-hybridized carbons (Fsp3) is 0.333. The van der Waals surface area contributed by atoms with Crippen molar-refractivity contribution < 1.29 is 13.2 Å². The molecule has 0 bridgehead atoms. The fourth-order valence-electron chi connectivity index (χ4n) is 1.82. The predicted molar refractivity (Wildman–Crippen MR) is 67.5 cm³/mol. The molecule has 98 valence electrons. The van der Waals surface area contributed by atoms with Crippen molar-refractivity contribution in [3.8, 4) is 0 Å². The fourth-order valence-corrected chi connectivity index (χ4v) is 2.82. The molecular weight excluding hydrogens is 280 g/mol. The second kappa shape index (κ2) is 4.38. The summed E-state index contributed by atoms with van der Waals surface area (Å²) in [6, 6.07) is 1.48. The smallest absolute Gasteiger partial charge is 0.228 e. The maximum Gasteiger partial charge on any atom is 0.228 e. The third-order valence-electron chi connectivity index (χ3n) is 2.73. The minimum atomic E-state index is -3.77. The number of halogens is 1. The van der Waals surface area contributed by atoms with E-state index >= 15 is 0 Å². The summed E-state index contributed by atoms with van der Waals surface area (Å²) in [5.41, 5.74) is 6.21. The number of pyridine rings is 1. The van der Waals surface area contributed by atoms with Gasteiger partial charge in [-0.05, 0) is 6.07 Å². The summed E-state index contributed by atoms with van der Waals surface area (Å²) < 4.78 is 22.5. The maximum atomic E-state index is 11.8. The number of nitrogens with two attached hydrogens (primary N) is 2. The van der Waals surface area contributed by atoms with E-state index in [0.717, 1.165) is 0 Å². The number of carbonyl (C=O) groups excluding carboxylic acids is 1. The van der Waals surface area contributed by atoms with E-state index in [1.165, 1.54) is 17.2 Å². The van der Waals surface area contributed by atoms with Crippen molar-refractivity contribution >= 4 is 38.9 Å². The zero-order valence-corrected chi connectivity index (χ0v) is 10.8. The summed E-state index contributed by atoms with van der Waals surface area (Å²) in [6.07, 6.45) is 1.22. The molecule has 9 heteroatoms. The molecule has 4 N–H and O–H groups in total. The first-order chi connectivity index (χ1) is 8.30. The number of amides is 1. The summed E-state index contributed by atoms with van der Waals surface area (Å²) in [5, 5.41) is 4.14. The average molecular weight is 291 g/mol. The first-order valence-electron chi connectivity index (χ1n) is 5.02. The van der Waals surface area contributed by atoms with Gasteiger partial charge in [0.05, 0.1) is 5.69 Å². The molecule has 0 aliphatic carbocycles. The number of carbonyl (C=O) groups is 1. The van der Waals surface area contributed by atoms with E-state index in [4.69, 9.17) is 22.5 Å². The first-order valence-corrected chi connectivity index (χ1v) is 7.01. The molecule has 1 saturated heterocycles. The number of nitrogens with zero attached hydrogens (tertiary/aromatic N) is 2. The molecule has 1 aliphatic heterocycles. The van der Waals surface area contributed by atoms with Crippen LogP contribution < -0.4 is 15.8 Å². The Balaban J connectivity index is 2.39. The molecule has 2 heterocycles. The highest BCUT2D eigenvalue weighted by molar-refractivity contribution is 7.89. The number of anilines is 2. The number of rotatable bonds is 2. The summed E-state index contributed by atoms with van der Waals surface area (Å²) in [4.78, 5) is 16.8. The third-order valence-corrected chi connectivity index (χ3v) is 4.26. The SMILES string of the molecule is Nc1ccnc(Cl)c1N1CC(S(N)(=O)=O)CC1=O. The van der Waals surface area contributed by atoms with Crippen molar-refractivity contribution in [1.82, 2.24) is 4.98 Å². The molecule has 1 atom stereocenters. The van der Waals surface area contributed by atoms with Crippen LogP contribution in [0.2, 0.25) is 5.15 Å². The number of primary sulfonamides is 1. The van der Waals surface area contributed by atoms with Gasteiger partial charge < -0.3 is 10.6 Å². The summed E-state index contributed by atoms with van der Waals surface area (Å²) in [7, 11) is -3.77. The average Bonchev–Trinajstić information content (AvgIpc) is 2.60. The van der Waals surface area contributed by atoms with Gasteiger partial charge in [0.25, 0.3) is 0 Å². The topological polar surface area (TPSA) is 119 Å². The molecule has 0 aromatic carbocycles. The summed E-state index contributed by atoms with van der Waals surface area (Å²) in [5.74, 6) is -0.393. The molecule has 7 nitrogen and oxygen atoms in total. The lowest BCUT2D eigenvalue weighted by molar-refractivity contribution is -0.117. The lowest BCUT2D eigenvalue weighted by Crippen LogP contribution is -2.32. The van der Waals surface area contributed by atoms with Crippen LogP contribution in [-0.4, -0.2) is 31.1 Å². The van der Waals surface area contributed by atoms with Gasteiger partial charge in [-0.2, -0.15) is 0 Å². The maximum absolute atomic E-state index is 11.8. The molecule has 0 radical (unpaired) electrons. The Kier molecular flexibility index (Phi) is 3.18. The van der Waals surface area contributed by atoms with Gasteiger partial charge in [-0.1, -0.05) is 11.6 Å². The molecule has 2 rings (SSSR count). The van der Waals surface area contributed by atoms with Gasteiger partial charge in [0, 0.05) is 19.2 Å². The Labute approximate surface area is 109 Å². The van der Waals surface area contributed by atoms with Gasteiger partial charge in [0.1, 0.15) is 10.9 Å². The van der Waals surface area contributed by atoms with E-state index in [2.05, 4.69) is 4.98 Å². The van der Waals surface area contributed by atoms with Crippen molar-refractivity contribution in [1.29, 1.82) is 0 Å². The van der Waals surface area contributed by atoms with Crippen LogP contribution in [0, 0.1) is 0 Å².